The van der Waals surface area contributed by atoms with E-state index in [9.17, 15) is 0 Å². The van der Waals surface area contributed by atoms with Crippen LogP contribution in [0.4, 0.5) is 0 Å². The van der Waals surface area contributed by atoms with Crippen LogP contribution < -0.4 is 4.74 Å². The Morgan fingerprint density at radius 1 is 1.24 bits per heavy atom. The minimum Gasteiger partial charge on any atom is -0.437 e. The van der Waals surface area contributed by atoms with Crippen LogP contribution in [-0.2, 0) is 0 Å². The number of nitriles is 1. The molecule has 3 heteroatoms. The Labute approximate surface area is 100 Å². The largest absolute Gasteiger partial charge is 0.437 e. The van der Waals surface area contributed by atoms with Crippen LogP contribution in [0, 0.1) is 25.2 Å². The Morgan fingerprint density at radius 3 is 2.82 bits per heavy atom. The summed E-state index contributed by atoms with van der Waals surface area (Å²) in [5.41, 5.74) is 2.57. The molecule has 17 heavy (non-hydrogen) atoms. The van der Waals surface area contributed by atoms with Gasteiger partial charge < -0.3 is 4.74 Å². The van der Waals surface area contributed by atoms with Crippen molar-refractivity contribution >= 4 is 0 Å². The van der Waals surface area contributed by atoms with Crippen molar-refractivity contribution in [1.29, 1.82) is 5.26 Å². The lowest BCUT2D eigenvalue weighted by Gasteiger charge is -2.09. The smallest absolute Gasteiger partial charge is 0.237 e. The maximum atomic E-state index is 8.95. The third-order valence-corrected chi connectivity index (χ3v) is 2.44. The van der Waals surface area contributed by atoms with Gasteiger partial charge in [-0.2, -0.15) is 5.26 Å². The molecule has 0 saturated carbocycles. The lowest BCUT2D eigenvalue weighted by atomic mass is 10.1. The number of ether oxygens (including phenoxy) is 1. The van der Waals surface area contributed by atoms with Crippen molar-refractivity contribution in [3.05, 3.63) is 53.2 Å². The van der Waals surface area contributed by atoms with Crippen LogP contribution in [0.25, 0.3) is 0 Å². The standard InChI is InChI=1S/C14H12N2O/c1-10-5-6-11(2)13(8-10)17-14-12(9-15)4-3-7-16-14/h3-8H,1-2H3. The summed E-state index contributed by atoms with van der Waals surface area (Å²) in [7, 11) is 0. The molecule has 2 aromatic rings. The second-order valence-electron chi connectivity index (χ2n) is 3.84. The maximum Gasteiger partial charge on any atom is 0.237 e. The number of hydrogen-bond donors (Lipinski definition) is 0. The number of benzene rings is 1. The molecule has 1 aromatic carbocycles. The molecule has 0 saturated heterocycles. The van der Waals surface area contributed by atoms with E-state index in [1.54, 1.807) is 18.3 Å². The van der Waals surface area contributed by atoms with Crippen molar-refractivity contribution in [3.8, 4) is 17.7 Å². The summed E-state index contributed by atoms with van der Waals surface area (Å²) in [4.78, 5) is 4.07. The summed E-state index contributed by atoms with van der Waals surface area (Å²) in [6, 6.07) is 11.4. The van der Waals surface area contributed by atoms with E-state index >= 15 is 0 Å². The Hall–Kier alpha value is -2.34. The number of rotatable bonds is 2. The van der Waals surface area contributed by atoms with Crippen LogP contribution in [0.15, 0.2) is 36.5 Å². The van der Waals surface area contributed by atoms with Crippen molar-refractivity contribution in [2.24, 2.45) is 0 Å². The van der Waals surface area contributed by atoms with Crippen molar-refractivity contribution in [2.75, 3.05) is 0 Å². The molecular formula is C14H12N2O. The molecule has 0 atom stereocenters. The molecule has 84 valence electrons. The van der Waals surface area contributed by atoms with E-state index in [4.69, 9.17) is 10.00 Å². The average molecular weight is 224 g/mol. The molecular weight excluding hydrogens is 212 g/mol. The van der Waals surface area contributed by atoms with Crippen LogP contribution in [0.5, 0.6) is 11.6 Å². The molecule has 0 bridgehead atoms. The monoisotopic (exact) mass is 224 g/mol. The second-order valence-corrected chi connectivity index (χ2v) is 3.84. The molecule has 0 unspecified atom stereocenters. The third-order valence-electron chi connectivity index (χ3n) is 2.44. The summed E-state index contributed by atoms with van der Waals surface area (Å²) in [5.74, 6) is 1.09. The lowest BCUT2D eigenvalue weighted by Crippen LogP contribution is -1.93. The van der Waals surface area contributed by atoms with E-state index in [1.807, 2.05) is 32.0 Å². The lowest BCUT2D eigenvalue weighted by molar-refractivity contribution is 0.457. The molecule has 2 rings (SSSR count). The quantitative estimate of drug-likeness (QED) is 0.785. The Kier molecular flexibility index (Phi) is 3.06. The van der Waals surface area contributed by atoms with E-state index in [0.29, 0.717) is 11.4 Å². The maximum absolute atomic E-state index is 8.95. The fraction of sp³-hybridized carbons (Fsp3) is 0.143. The first-order valence-electron chi connectivity index (χ1n) is 5.31. The van der Waals surface area contributed by atoms with Crippen molar-refractivity contribution in [2.45, 2.75) is 13.8 Å². The minimum absolute atomic E-state index is 0.351. The fourth-order valence-corrected chi connectivity index (χ4v) is 1.48. The zero-order valence-corrected chi connectivity index (χ0v) is 9.77. The van der Waals surface area contributed by atoms with Gasteiger partial charge in [0.15, 0.2) is 0 Å². The SMILES string of the molecule is Cc1ccc(C)c(Oc2ncccc2C#N)c1. The van der Waals surface area contributed by atoms with E-state index in [0.717, 1.165) is 16.9 Å². The van der Waals surface area contributed by atoms with Crippen molar-refractivity contribution in [1.82, 2.24) is 4.98 Å². The van der Waals surface area contributed by atoms with Gasteiger partial charge in [-0.15, -0.1) is 0 Å². The summed E-state index contributed by atoms with van der Waals surface area (Å²) in [5, 5.41) is 8.95. The number of aromatic nitrogens is 1. The predicted molar refractivity (Wildman–Crippen MR) is 64.9 cm³/mol. The molecule has 0 N–H and O–H groups in total. The molecule has 0 spiro atoms. The first kappa shape index (κ1) is 11.2. The molecule has 0 aliphatic carbocycles. The first-order chi connectivity index (χ1) is 8.20. The summed E-state index contributed by atoms with van der Waals surface area (Å²) < 4.78 is 5.68. The molecule has 0 aliphatic rings. The number of hydrogen-bond acceptors (Lipinski definition) is 3. The zero-order valence-electron chi connectivity index (χ0n) is 9.77. The van der Waals surface area contributed by atoms with Gasteiger partial charge in [0.1, 0.15) is 17.4 Å². The normalized spacial score (nSPS) is 9.71. The third kappa shape index (κ3) is 2.43. The Bertz CT molecular complexity index is 585. The van der Waals surface area contributed by atoms with Gasteiger partial charge in [0.25, 0.3) is 0 Å². The molecule has 1 aromatic heterocycles. The summed E-state index contributed by atoms with van der Waals surface area (Å²) >= 11 is 0. The van der Waals surface area contributed by atoms with Crippen LogP contribution in [-0.4, -0.2) is 4.98 Å². The van der Waals surface area contributed by atoms with E-state index in [-0.39, 0.29) is 0 Å². The van der Waals surface area contributed by atoms with Crippen molar-refractivity contribution in [3.63, 3.8) is 0 Å². The summed E-state index contributed by atoms with van der Waals surface area (Å²) in [6.45, 7) is 3.96. The number of pyridine rings is 1. The van der Waals surface area contributed by atoms with Gasteiger partial charge in [0, 0.05) is 6.20 Å². The molecule has 0 radical (unpaired) electrons. The Morgan fingerprint density at radius 2 is 2.06 bits per heavy atom. The van der Waals surface area contributed by atoms with Crippen LogP contribution in [0.3, 0.4) is 0 Å². The number of nitrogens with zero attached hydrogens (tertiary/aromatic N) is 2. The highest BCUT2D eigenvalue weighted by Gasteiger charge is 2.07. The zero-order chi connectivity index (χ0) is 12.3. The van der Waals surface area contributed by atoms with E-state index in [2.05, 4.69) is 11.1 Å². The topological polar surface area (TPSA) is 45.9 Å². The van der Waals surface area contributed by atoms with Crippen LogP contribution in [0.2, 0.25) is 0 Å². The first-order valence-corrected chi connectivity index (χ1v) is 5.31. The second kappa shape index (κ2) is 4.67. The van der Waals surface area contributed by atoms with Gasteiger partial charge in [0.05, 0.1) is 0 Å². The molecule has 0 aliphatic heterocycles. The van der Waals surface area contributed by atoms with Gasteiger partial charge in [-0.05, 0) is 43.2 Å². The van der Waals surface area contributed by atoms with E-state index in [1.165, 1.54) is 0 Å². The highest BCUT2D eigenvalue weighted by molar-refractivity contribution is 5.43. The minimum atomic E-state index is 0.351. The van der Waals surface area contributed by atoms with E-state index < -0.39 is 0 Å². The molecule has 0 amide bonds. The molecule has 1 heterocycles. The molecule has 0 fully saturated rings. The van der Waals surface area contributed by atoms with Gasteiger partial charge in [0.2, 0.25) is 5.88 Å². The van der Waals surface area contributed by atoms with Crippen molar-refractivity contribution < 1.29 is 4.74 Å². The number of aryl methyl sites for hydroxylation is 2. The molecule has 3 nitrogen and oxygen atoms in total. The Balaban J connectivity index is 2.38. The average Bonchev–Trinajstić information content (AvgIpc) is 2.34. The summed E-state index contributed by atoms with van der Waals surface area (Å²) in [6.07, 6.45) is 1.61. The van der Waals surface area contributed by atoms with Gasteiger partial charge in [-0.1, -0.05) is 12.1 Å². The van der Waals surface area contributed by atoms with Gasteiger partial charge >= 0.3 is 0 Å². The van der Waals surface area contributed by atoms with Crippen LogP contribution in [0.1, 0.15) is 16.7 Å². The predicted octanol–water partition coefficient (Wildman–Crippen LogP) is 3.36. The highest BCUT2D eigenvalue weighted by Crippen LogP contribution is 2.26. The highest BCUT2D eigenvalue weighted by atomic mass is 16.5. The van der Waals surface area contributed by atoms with Gasteiger partial charge in [-0.25, -0.2) is 4.98 Å². The van der Waals surface area contributed by atoms with Gasteiger partial charge in [-0.3, -0.25) is 0 Å². The fourth-order valence-electron chi connectivity index (χ4n) is 1.48. The van der Waals surface area contributed by atoms with Crippen LogP contribution >= 0.6 is 0 Å².